The van der Waals surface area contributed by atoms with Crippen molar-refractivity contribution >= 4 is 11.8 Å². The lowest BCUT2D eigenvalue weighted by Gasteiger charge is -2.21. The Balaban J connectivity index is 2.38. The fourth-order valence-corrected chi connectivity index (χ4v) is 2.27. The maximum Gasteiger partial charge on any atom is 0.254 e. The van der Waals surface area contributed by atoms with Crippen LogP contribution in [0.15, 0.2) is 18.2 Å². The minimum absolute atomic E-state index is 0.0657. The quantitative estimate of drug-likeness (QED) is 0.709. The Morgan fingerprint density at radius 1 is 1.13 bits per heavy atom. The predicted molar refractivity (Wildman–Crippen MR) is 85.1 cm³/mol. The number of nitrogens with zero attached hydrogens (tertiary/aromatic N) is 1. The maximum absolute atomic E-state index is 13.5. The summed E-state index contributed by atoms with van der Waals surface area (Å²) in [6.07, 6.45) is 2.64. The molecule has 0 atom stereocenters. The molecule has 0 aromatic heterocycles. The van der Waals surface area contributed by atoms with Crippen LogP contribution >= 0.6 is 0 Å². The lowest BCUT2D eigenvalue weighted by atomic mass is 10.2. The van der Waals surface area contributed by atoms with Gasteiger partial charge in [0.2, 0.25) is 5.91 Å². The van der Waals surface area contributed by atoms with E-state index >= 15 is 0 Å². The standard InChI is InChI=1S/C17H24F2N2O2/c1-3-10-21(11-4-2)16(22)6-5-9-20-17(23)14-8-7-13(18)12-15(14)19/h7-8,12H,3-6,9-11H2,1-2H3,(H,20,23). The van der Waals surface area contributed by atoms with Crippen LogP contribution in [0.3, 0.4) is 0 Å². The summed E-state index contributed by atoms with van der Waals surface area (Å²) in [6.45, 7) is 5.79. The van der Waals surface area contributed by atoms with E-state index in [9.17, 15) is 18.4 Å². The number of rotatable bonds is 9. The zero-order chi connectivity index (χ0) is 17.2. The number of benzene rings is 1. The number of halogens is 2. The van der Waals surface area contributed by atoms with Crippen LogP contribution in [0.2, 0.25) is 0 Å². The predicted octanol–water partition coefficient (Wildman–Crippen LogP) is 3.12. The second-order valence-corrected chi connectivity index (χ2v) is 5.36. The fraction of sp³-hybridized carbons (Fsp3) is 0.529. The number of hydrogen-bond donors (Lipinski definition) is 1. The Labute approximate surface area is 135 Å². The molecular formula is C17H24F2N2O2. The van der Waals surface area contributed by atoms with Crippen molar-refractivity contribution in [3.8, 4) is 0 Å². The molecule has 0 radical (unpaired) electrons. The highest BCUT2D eigenvalue weighted by Gasteiger charge is 2.13. The van der Waals surface area contributed by atoms with Crippen LogP contribution in [0.5, 0.6) is 0 Å². The van der Waals surface area contributed by atoms with Gasteiger partial charge in [-0.3, -0.25) is 9.59 Å². The van der Waals surface area contributed by atoms with Gasteiger partial charge in [0, 0.05) is 32.1 Å². The Bertz CT molecular complexity index is 529. The molecule has 0 saturated carbocycles. The van der Waals surface area contributed by atoms with E-state index in [0.29, 0.717) is 18.9 Å². The summed E-state index contributed by atoms with van der Waals surface area (Å²) in [5, 5.41) is 2.55. The second-order valence-electron chi connectivity index (χ2n) is 5.36. The van der Waals surface area contributed by atoms with Gasteiger partial charge in [0.1, 0.15) is 11.6 Å². The van der Waals surface area contributed by atoms with Gasteiger partial charge in [-0.2, -0.15) is 0 Å². The van der Waals surface area contributed by atoms with Crippen molar-refractivity contribution in [2.24, 2.45) is 0 Å². The molecule has 1 aromatic rings. The lowest BCUT2D eigenvalue weighted by molar-refractivity contribution is -0.131. The molecule has 0 aliphatic heterocycles. The van der Waals surface area contributed by atoms with Gasteiger partial charge >= 0.3 is 0 Å². The number of nitrogens with one attached hydrogen (secondary N) is 1. The third kappa shape index (κ3) is 6.34. The van der Waals surface area contributed by atoms with E-state index < -0.39 is 17.5 Å². The SMILES string of the molecule is CCCN(CCC)C(=O)CCCNC(=O)c1ccc(F)cc1F. The Hall–Kier alpha value is -1.98. The lowest BCUT2D eigenvalue weighted by Crippen LogP contribution is -2.33. The third-order valence-corrected chi connectivity index (χ3v) is 3.37. The van der Waals surface area contributed by atoms with Crippen LogP contribution in [0.4, 0.5) is 8.78 Å². The average molecular weight is 326 g/mol. The first-order valence-electron chi connectivity index (χ1n) is 8.00. The summed E-state index contributed by atoms with van der Waals surface area (Å²) in [5.41, 5.74) is -0.198. The van der Waals surface area contributed by atoms with E-state index in [1.54, 1.807) is 0 Å². The number of hydrogen-bond acceptors (Lipinski definition) is 2. The van der Waals surface area contributed by atoms with E-state index in [0.717, 1.165) is 38.1 Å². The average Bonchev–Trinajstić information content (AvgIpc) is 2.51. The van der Waals surface area contributed by atoms with Gasteiger partial charge < -0.3 is 10.2 Å². The minimum atomic E-state index is -0.893. The maximum atomic E-state index is 13.5. The highest BCUT2D eigenvalue weighted by atomic mass is 19.1. The molecule has 128 valence electrons. The van der Waals surface area contributed by atoms with Crippen molar-refractivity contribution in [3.63, 3.8) is 0 Å². The van der Waals surface area contributed by atoms with Crippen LogP contribution < -0.4 is 5.32 Å². The van der Waals surface area contributed by atoms with Crippen LogP contribution in [0.1, 0.15) is 49.9 Å². The van der Waals surface area contributed by atoms with Crippen LogP contribution in [-0.2, 0) is 4.79 Å². The van der Waals surface area contributed by atoms with Crippen molar-refractivity contribution in [2.45, 2.75) is 39.5 Å². The van der Waals surface area contributed by atoms with Crippen LogP contribution in [0.25, 0.3) is 0 Å². The summed E-state index contributed by atoms with van der Waals surface area (Å²) >= 11 is 0. The molecule has 0 saturated heterocycles. The second kappa shape index (κ2) is 9.92. The molecule has 23 heavy (non-hydrogen) atoms. The molecule has 1 aromatic carbocycles. The summed E-state index contributed by atoms with van der Waals surface area (Å²) < 4.78 is 26.2. The molecular weight excluding hydrogens is 302 g/mol. The highest BCUT2D eigenvalue weighted by molar-refractivity contribution is 5.94. The van der Waals surface area contributed by atoms with Gasteiger partial charge in [0.25, 0.3) is 5.91 Å². The molecule has 4 nitrogen and oxygen atoms in total. The minimum Gasteiger partial charge on any atom is -0.352 e. The van der Waals surface area contributed by atoms with Gasteiger partial charge in [0.15, 0.2) is 0 Å². The normalized spacial score (nSPS) is 10.4. The zero-order valence-corrected chi connectivity index (χ0v) is 13.7. The van der Waals surface area contributed by atoms with Crippen molar-refractivity contribution in [1.29, 1.82) is 0 Å². The van der Waals surface area contributed by atoms with Gasteiger partial charge in [-0.15, -0.1) is 0 Å². The number of amides is 2. The molecule has 2 amide bonds. The number of carbonyl (C=O) groups excluding carboxylic acids is 2. The van der Waals surface area contributed by atoms with E-state index in [1.165, 1.54) is 0 Å². The molecule has 0 fully saturated rings. The van der Waals surface area contributed by atoms with Gasteiger partial charge in [-0.05, 0) is 31.4 Å². The van der Waals surface area contributed by atoms with E-state index in [4.69, 9.17) is 0 Å². The topological polar surface area (TPSA) is 49.4 Å². The molecule has 0 heterocycles. The highest BCUT2D eigenvalue weighted by Crippen LogP contribution is 2.09. The fourth-order valence-electron chi connectivity index (χ4n) is 2.27. The Morgan fingerprint density at radius 3 is 2.35 bits per heavy atom. The summed E-state index contributed by atoms with van der Waals surface area (Å²) in [5.74, 6) is -2.16. The first kappa shape index (κ1) is 19.1. The molecule has 0 bridgehead atoms. The summed E-state index contributed by atoms with van der Waals surface area (Å²) in [6, 6.07) is 2.82. The van der Waals surface area contributed by atoms with Gasteiger partial charge in [-0.1, -0.05) is 13.8 Å². The van der Waals surface area contributed by atoms with E-state index in [2.05, 4.69) is 5.32 Å². The van der Waals surface area contributed by atoms with Crippen molar-refractivity contribution in [1.82, 2.24) is 10.2 Å². The molecule has 1 rings (SSSR count). The van der Waals surface area contributed by atoms with Crippen molar-refractivity contribution in [3.05, 3.63) is 35.4 Å². The molecule has 0 aliphatic rings. The largest absolute Gasteiger partial charge is 0.352 e. The molecule has 6 heteroatoms. The smallest absolute Gasteiger partial charge is 0.254 e. The van der Waals surface area contributed by atoms with Gasteiger partial charge in [-0.25, -0.2) is 8.78 Å². The summed E-state index contributed by atoms with van der Waals surface area (Å²) in [7, 11) is 0. The first-order chi connectivity index (χ1) is 11.0. The molecule has 0 unspecified atom stereocenters. The van der Waals surface area contributed by atoms with Crippen molar-refractivity contribution in [2.75, 3.05) is 19.6 Å². The van der Waals surface area contributed by atoms with Gasteiger partial charge in [0.05, 0.1) is 5.56 Å². The van der Waals surface area contributed by atoms with Crippen LogP contribution in [-0.4, -0.2) is 36.3 Å². The molecule has 1 N–H and O–H groups in total. The van der Waals surface area contributed by atoms with E-state index in [-0.39, 0.29) is 18.0 Å². The monoisotopic (exact) mass is 326 g/mol. The first-order valence-corrected chi connectivity index (χ1v) is 8.00. The Kier molecular flexibility index (Phi) is 8.22. The molecule has 0 aliphatic carbocycles. The molecule has 0 spiro atoms. The Morgan fingerprint density at radius 2 is 1.78 bits per heavy atom. The van der Waals surface area contributed by atoms with Crippen molar-refractivity contribution < 1.29 is 18.4 Å². The van der Waals surface area contributed by atoms with Crippen LogP contribution in [0, 0.1) is 11.6 Å². The van der Waals surface area contributed by atoms with E-state index in [1.807, 2.05) is 18.7 Å². The zero-order valence-electron chi connectivity index (χ0n) is 13.7. The third-order valence-electron chi connectivity index (χ3n) is 3.37. The summed E-state index contributed by atoms with van der Waals surface area (Å²) in [4.78, 5) is 25.7. The number of carbonyl (C=O) groups is 2.